The van der Waals surface area contributed by atoms with E-state index in [0.717, 1.165) is 5.00 Å². The maximum Gasteiger partial charge on any atom is 0.345 e. The van der Waals surface area contributed by atoms with Gasteiger partial charge in [-0.05, 0) is 25.0 Å². The van der Waals surface area contributed by atoms with E-state index in [1.165, 1.54) is 49.9 Å². The van der Waals surface area contributed by atoms with Crippen molar-refractivity contribution in [2.24, 2.45) is 0 Å². The van der Waals surface area contributed by atoms with Gasteiger partial charge in [-0.2, -0.15) is 0 Å². The number of thiophene rings is 1. The summed E-state index contributed by atoms with van der Waals surface area (Å²) in [5.74, 6) is -0.824. The van der Waals surface area contributed by atoms with Crippen LogP contribution in [0.2, 0.25) is 0 Å². The number of carboxylic acid groups (broad SMARTS) is 1. The van der Waals surface area contributed by atoms with Crippen LogP contribution in [0, 0.1) is 0 Å². The average Bonchev–Trinajstić information content (AvgIpc) is 2.65. The third-order valence-corrected chi connectivity index (χ3v) is 4.69. The molecular weight excluding hydrogens is 234 g/mol. The Morgan fingerprint density at radius 3 is 2.47 bits per heavy atom. The summed E-state index contributed by atoms with van der Waals surface area (Å²) < 4.78 is 0. The molecule has 1 fully saturated rings. The fourth-order valence-corrected chi connectivity index (χ4v) is 3.34. The van der Waals surface area contributed by atoms with Crippen LogP contribution in [-0.4, -0.2) is 24.2 Å². The molecule has 4 heteroatoms. The highest BCUT2D eigenvalue weighted by atomic mass is 32.1. The molecule has 1 aliphatic rings. The van der Waals surface area contributed by atoms with E-state index in [0.29, 0.717) is 10.9 Å². The fraction of sp³-hybridized carbons (Fsp3) is 0.615. The van der Waals surface area contributed by atoms with Gasteiger partial charge in [0.25, 0.3) is 0 Å². The van der Waals surface area contributed by atoms with Crippen molar-refractivity contribution in [1.29, 1.82) is 0 Å². The van der Waals surface area contributed by atoms with E-state index >= 15 is 0 Å². The van der Waals surface area contributed by atoms with Crippen LogP contribution in [0.3, 0.4) is 0 Å². The molecule has 0 aromatic carbocycles. The quantitative estimate of drug-likeness (QED) is 0.837. The number of carbonyl (C=O) groups is 1. The maximum absolute atomic E-state index is 10.9. The predicted octanol–water partition coefficient (Wildman–Crippen LogP) is 3.61. The minimum absolute atomic E-state index is 0.431. The topological polar surface area (TPSA) is 40.5 Å². The lowest BCUT2D eigenvalue weighted by Crippen LogP contribution is -2.30. The molecule has 1 N–H and O–H groups in total. The Balaban J connectivity index is 2.06. The highest BCUT2D eigenvalue weighted by Gasteiger charge is 2.19. The number of hydrogen-bond acceptors (Lipinski definition) is 3. The molecule has 0 atom stereocenters. The zero-order valence-corrected chi connectivity index (χ0v) is 11.0. The Kier molecular flexibility index (Phi) is 4.05. The van der Waals surface area contributed by atoms with Gasteiger partial charge < -0.3 is 10.0 Å². The molecule has 2 rings (SSSR count). The summed E-state index contributed by atoms with van der Waals surface area (Å²) in [7, 11) is 2.09. The van der Waals surface area contributed by atoms with Crippen molar-refractivity contribution in [1.82, 2.24) is 0 Å². The van der Waals surface area contributed by atoms with Gasteiger partial charge in [-0.25, -0.2) is 4.79 Å². The van der Waals surface area contributed by atoms with Crippen LogP contribution < -0.4 is 4.90 Å². The predicted molar refractivity (Wildman–Crippen MR) is 71.2 cm³/mol. The summed E-state index contributed by atoms with van der Waals surface area (Å²) >= 11 is 1.38. The van der Waals surface area contributed by atoms with E-state index in [1.807, 2.05) is 6.07 Å². The number of nitrogens with zero attached hydrogens (tertiary/aromatic N) is 1. The van der Waals surface area contributed by atoms with Crippen molar-refractivity contribution in [3.05, 3.63) is 17.0 Å². The van der Waals surface area contributed by atoms with Crippen LogP contribution in [0.5, 0.6) is 0 Å². The Morgan fingerprint density at radius 2 is 1.94 bits per heavy atom. The third kappa shape index (κ3) is 3.00. The first-order valence-electron chi connectivity index (χ1n) is 6.24. The number of anilines is 1. The monoisotopic (exact) mass is 253 g/mol. The lowest BCUT2D eigenvalue weighted by molar-refractivity contribution is 0.0702. The highest BCUT2D eigenvalue weighted by molar-refractivity contribution is 7.17. The van der Waals surface area contributed by atoms with Gasteiger partial charge in [0.1, 0.15) is 4.88 Å². The van der Waals surface area contributed by atoms with Crippen molar-refractivity contribution >= 4 is 22.3 Å². The summed E-state index contributed by atoms with van der Waals surface area (Å²) in [6, 6.07) is 4.21. The van der Waals surface area contributed by atoms with Crippen LogP contribution in [0.1, 0.15) is 48.2 Å². The van der Waals surface area contributed by atoms with Gasteiger partial charge in [-0.15, -0.1) is 11.3 Å². The van der Waals surface area contributed by atoms with Crippen molar-refractivity contribution in [2.75, 3.05) is 11.9 Å². The van der Waals surface area contributed by atoms with Crippen LogP contribution in [-0.2, 0) is 0 Å². The van der Waals surface area contributed by atoms with E-state index in [2.05, 4.69) is 11.9 Å². The normalized spacial score (nSPS) is 17.7. The molecule has 17 heavy (non-hydrogen) atoms. The lowest BCUT2D eigenvalue weighted by Gasteiger charge is -2.27. The van der Waals surface area contributed by atoms with Gasteiger partial charge in [-0.1, -0.05) is 25.7 Å². The Labute approximate surface area is 106 Å². The number of carboxylic acids is 1. The molecule has 0 radical (unpaired) electrons. The highest BCUT2D eigenvalue weighted by Crippen LogP contribution is 2.30. The summed E-state index contributed by atoms with van der Waals surface area (Å²) in [5.41, 5.74) is 0. The fourth-order valence-electron chi connectivity index (χ4n) is 2.46. The molecule has 94 valence electrons. The smallest absolute Gasteiger partial charge is 0.345 e. The molecule has 0 bridgehead atoms. The number of aromatic carboxylic acids is 1. The molecule has 3 nitrogen and oxygen atoms in total. The summed E-state index contributed by atoms with van der Waals surface area (Å²) in [4.78, 5) is 13.6. The van der Waals surface area contributed by atoms with Gasteiger partial charge in [0, 0.05) is 13.1 Å². The summed E-state index contributed by atoms with van der Waals surface area (Å²) in [5, 5.41) is 10.0. The summed E-state index contributed by atoms with van der Waals surface area (Å²) in [6.07, 6.45) is 7.75. The van der Waals surface area contributed by atoms with Crippen LogP contribution in [0.4, 0.5) is 5.00 Å². The minimum atomic E-state index is -0.824. The molecular formula is C13H19NO2S. The van der Waals surface area contributed by atoms with Crippen LogP contribution in [0.25, 0.3) is 0 Å². The largest absolute Gasteiger partial charge is 0.477 e. The first-order valence-corrected chi connectivity index (χ1v) is 7.06. The second-order valence-corrected chi connectivity index (χ2v) is 5.76. The maximum atomic E-state index is 10.9. The van der Waals surface area contributed by atoms with Gasteiger partial charge in [0.15, 0.2) is 0 Å². The molecule has 0 amide bonds. The molecule has 0 spiro atoms. The number of rotatable bonds is 3. The minimum Gasteiger partial charge on any atom is -0.477 e. The molecule has 1 aromatic rings. The molecule has 1 aliphatic carbocycles. The van der Waals surface area contributed by atoms with Crippen LogP contribution in [0.15, 0.2) is 12.1 Å². The van der Waals surface area contributed by atoms with E-state index in [1.54, 1.807) is 6.07 Å². The summed E-state index contributed by atoms with van der Waals surface area (Å²) in [6.45, 7) is 0. The van der Waals surface area contributed by atoms with Crippen molar-refractivity contribution in [2.45, 2.75) is 44.6 Å². The van der Waals surface area contributed by atoms with E-state index in [9.17, 15) is 4.79 Å². The third-order valence-electron chi connectivity index (χ3n) is 3.52. The Bertz CT molecular complexity index is 381. The van der Waals surface area contributed by atoms with E-state index < -0.39 is 5.97 Å². The zero-order valence-electron chi connectivity index (χ0n) is 10.2. The molecule has 0 unspecified atom stereocenters. The van der Waals surface area contributed by atoms with Crippen molar-refractivity contribution in [3.8, 4) is 0 Å². The Morgan fingerprint density at radius 1 is 1.29 bits per heavy atom. The van der Waals surface area contributed by atoms with Crippen LogP contribution >= 0.6 is 11.3 Å². The second kappa shape index (κ2) is 5.54. The number of hydrogen-bond donors (Lipinski definition) is 1. The first-order chi connectivity index (χ1) is 8.18. The van der Waals surface area contributed by atoms with E-state index in [4.69, 9.17) is 5.11 Å². The first kappa shape index (κ1) is 12.4. The standard InChI is InChI=1S/C13H19NO2S/c1-14(10-6-4-2-3-5-7-10)12-9-8-11(17-12)13(15)16/h8-10H,2-7H2,1H3,(H,15,16). The van der Waals surface area contributed by atoms with Gasteiger partial charge >= 0.3 is 5.97 Å². The van der Waals surface area contributed by atoms with Gasteiger partial charge in [0.05, 0.1) is 5.00 Å². The van der Waals surface area contributed by atoms with Crippen molar-refractivity contribution < 1.29 is 9.90 Å². The Hall–Kier alpha value is -1.03. The van der Waals surface area contributed by atoms with Gasteiger partial charge in [-0.3, -0.25) is 0 Å². The zero-order chi connectivity index (χ0) is 12.3. The molecule has 1 aromatic heterocycles. The van der Waals surface area contributed by atoms with E-state index in [-0.39, 0.29) is 0 Å². The molecule has 0 saturated heterocycles. The average molecular weight is 253 g/mol. The molecule has 1 heterocycles. The molecule has 1 saturated carbocycles. The lowest BCUT2D eigenvalue weighted by atomic mass is 10.1. The molecule has 0 aliphatic heterocycles. The second-order valence-electron chi connectivity index (χ2n) is 4.70. The van der Waals surface area contributed by atoms with Gasteiger partial charge in [0.2, 0.25) is 0 Å². The van der Waals surface area contributed by atoms with Crippen molar-refractivity contribution in [3.63, 3.8) is 0 Å². The SMILES string of the molecule is CN(c1ccc(C(=O)O)s1)C1CCCCCC1.